The fourth-order valence-corrected chi connectivity index (χ4v) is 1.99. The Labute approximate surface area is 197 Å². The van der Waals surface area contributed by atoms with E-state index < -0.39 is 48.0 Å². The Hall–Kier alpha value is -3.52. The van der Waals surface area contributed by atoms with Crippen molar-refractivity contribution in [3.05, 3.63) is 0 Å². The van der Waals surface area contributed by atoms with Crippen molar-refractivity contribution in [3.63, 3.8) is 0 Å². The van der Waals surface area contributed by atoms with Crippen LogP contribution in [0, 0.1) is 0 Å². The standard InChI is InChI=1S/C10H14N2O4.2C5H9NO3/c1-5-7(9(13)15-3)12-6(2)8(11-5)10(14)16-4;2*1-3(7)4(6)5(8)9-2/h7-8H,1-4H3;2*4H,6H2,1-2H3. The quantitative estimate of drug-likeness (QED) is 0.239. The molecule has 0 aromatic rings. The second-order valence-electron chi connectivity index (χ2n) is 6.62. The summed E-state index contributed by atoms with van der Waals surface area (Å²) in [5.74, 6) is -3.12. The Bertz CT molecular complexity index is 769. The molecule has 0 saturated carbocycles. The van der Waals surface area contributed by atoms with Crippen molar-refractivity contribution >= 4 is 46.9 Å². The van der Waals surface area contributed by atoms with E-state index in [0.29, 0.717) is 11.4 Å². The smallest absolute Gasteiger partial charge is 0.336 e. The van der Waals surface area contributed by atoms with Crippen LogP contribution in [0.1, 0.15) is 27.7 Å². The fraction of sp³-hybridized carbons (Fsp3) is 0.600. The van der Waals surface area contributed by atoms with Gasteiger partial charge in [-0.25, -0.2) is 19.2 Å². The summed E-state index contributed by atoms with van der Waals surface area (Å²) in [4.78, 5) is 72.3. The first kappa shape index (κ1) is 32.7. The van der Waals surface area contributed by atoms with Crippen molar-refractivity contribution in [2.75, 3.05) is 28.4 Å². The normalized spacial score (nSPS) is 17.9. The highest BCUT2D eigenvalue weighted by Gasteiger charge is 2.32. The van der Waals surface area contributed by atoms with Crippen LogP contribution >= 0.6 is 0 Å². The fourth-order valence-electron chi connectivity index (χ4n) is 1.99. The first-order valence-corrected chi connectivity index (χ1v) is 9.61. The van der Waals surface area contributed by atoms with E-state index in [1.807, 2.05) is 0 Å². The number of ketones is 2. The van der Waals surface area contributed by atoms with Crippen LogP contribution in [0.3, 0.4) is 0 Å². The number of methoxy groups -OCH3 is 4. The van der Waals surface area contributed by atoms with Crippen LogP contribution in [0.15, 0.2) is 9.98 Å². The van der Waals surface area contributed by atoms with Crippen molar-refractivity contribution in [2.24, 2.45) is 21.5 Å². The summed E-state index contributed by atoms with van der Waals surface area (Å²) >= 11 is 0. The second-order valence-corrected chi connectivity index (χ2v) is 6.62. The maximum absolute atomic E-state index is 11.3. The lowest BCUT2D eigenvalue weighted by Gasteiger charge is -2.20. The summed E-state index contributed by atoms with van der Waals surface area (Å²) in [5.41, 5.74) is 11.0. The topological polar surface area (TPSA) is 216 Å². The first-order chi connectivity index (χ1) is 15.7. The Morgan fingerprint density at radius 3 is 1.06 bits per heavy atom. The van der Waals surface area contributed by atoms with Crippen LogP contribution in [-0.4, -0.2) is 99.5 Å². The molecular formula is C20H32N4O10. The molecule has 4 atom stereocenters. The van der Waals surface area contributed by atoms with E-state index in [1.54, 1.807) is 13.8 Å². The van der Waals surface area contributed by atoms with Gasteiger partial charge in [-0.05, 0) is 27.7 Å². The summed E-state index contributed by atoms with van der Waals surface area (Å²) in [6.45, 7) is 5.74. The van der Waals surface area contributed by atoms with E-state index in [4.69, 9.17) is 11.5 Å². The van der Waals surface area contributed by atoms with Crippen LogP contribution in [-0.2, 0) is 47.7 Å². The van der Waals surface area contributed by atoms with Gasteiger partial charge in [-0.1, -0.05) is 0 Å². The zero-order valence-corrected chi connectivity index (χ0v) is 20.4. The highest BCUT2D eigenvalue weighted by molar-refractivity contribution is 6.15. The second kappa shape index (κ2) is 16.1. The zero-order chi connectivity index (χ0) is 27.2. The van der Waals surface area contributed by atoms with Gasteiger partial charge in [0.1, 0.15) is 0 Å². The van der Waals surface area contributed by atoms with Crippen LogP contribution in [0.25, 0.3) is 0 Å². The molecule has 0 spiro atoms. The molecule has 0 bridgehead atoms. The molecular weight excluding hydrogens is 456 g/mol. The molecule has 0 aliphatic carbocycles. The van der Waals surface area contributed by atoms with Crippen molar-refractivity contribution in [1.29, 1.82) is 0 Å². The molecule has 14 nitrogen and oxygen atoms in total. The number of Topliss-reactive ketones (excluding diaryl/α,β-unsaturated/α-hetero) is 2. The van der Waals surface area contributed by atoms with Gasteiger partial charge < -0.3 is 30.4 Å². The molecule has 0 aromatic heterocycles. The van der Waals surface area contributed by atoms with E-state index in [-0.39, 0.29) is 11.6 Å². The molecule has 1 aliphatic rings. The van der Waals surface area contributed by atoms with Crippen molar-refractivity contribution in [1.82, 2.24) is 0 Å². The number of ether oxygens (including phenoxy) is 4. The minimum atomic E-state index is -1.12. The van der Waals surface area contributed by atoms with Gasteiger partial charge in [-0.15, -0.1) is 0 Å². The Balaban J connectivity index is 0. The molecule has 1 rings (SSSR count). The third kappa shape index (κ3) is 10.9. The molecule has 4 N–H and O–H groups in total. The lowest BCUT2D eigenvalue weighted by Crippen LogP contribution is -2.39. The molecule has 192 valence electrons. The van der Waals surface area contributed by atoms with Crippen LogP contribution in [0.2, 0.25) is 0 Å². The number of hydrogen-bond donors (Lipinski definition) is 2. The largest absolute Gasteiger partial charge is 0.468 e. The lowest BCUT2D eigenvalue weighted by atomic mass is 10.1. The van der Waals surface area contributed by atoms with Gasteiger partial charge in [0.15, 0.2) is 35.7 Å². The maximum Gasteiger partial charge on any atom is 0.336 e. The van der Waals surface area contributed by atoms with Gasteiger partial charge in [0, 0.05) is 11.4 Å². The van der Waals surface area contributed by atoms with Crippen LogP contribution in [0.4, 0.5) is 0 Å². The molecule has 34 heavy (non-hydrogen) atoms. The van der Waals surface area contributed by atoms with E-state index in [2.05, 4.69) is 28.9 Å². The summed E-state index contributed by atoms with van der Waals surface area (Å²) in [6, 6.07) is -3.72. The minimum absolute atomic E-state index is 0.387. The van der Waals surface area contributed by atoms with Gasteiger partial charge in [0.2, 0.25) is 0 Å². The number of hydrogen-bond acceptors (Lipinski definition) is 14. The molecule has 1 aliphatic heterocycles. The number of carbonyl (C=O) groups is 6. The van der Waals surface area contributed by atoms with Crippen molar-refractivity contribution < 1.29 is 47.7 Å². The predicted octanol–water partition coefficient (Wildman–Crippen LogP) is -1.84. The molecule has 14 heteroatoms. The Kier molecular flexibility index (Phi) is 15.5. The highest BCUT2D eigenvalue weighted by atomic mass is 16.5. The zero-order valence-electron chi connectivity index (χ0n) is 20.4. The van der Waals surface area contributed by atoms with E-state index in [0.717, 1.165) is 0 Å². The van der Waals surface area contributed by atoms with Crippen LogP contribution in [0.5, 0.6) is 0 Å². The predicted molar refractivity (Wildman–Crippen MR) is 119 cm³/mol. The number of aliphatic imine (C=N–C) groups is 2. The SMILES string of the molecule is COC(=O)C(N)C(C)=O.COC(=O)C(N)C(C)=O.COC(=O)C1N=C(C)C(C(=O)OC)N=C1C. The third-order valence-electron chi connectivity index (χ3n) is 4.09. The van der Waals surface area contributed by atoms with E-state index in [9.17, 15) is 28.8 Å². The average molecular weight is 488 g/mol. The molecule has 0 fully saturated rings. The number of carbonyl (C=O) groups excluding carboxylic acids is 6. The van der Waals surface area contributed by atoms with Gasteiger partial charge in [0.05, 0.1) is 28.4 Å². The third-order valence-corrected chi connectivity index (χ3v) is 4.09. The minimum Gasteiger partial charge on any atom is -0.468 e. The Morgan fingerprint density at radius 2 is 0.912 bits per heavy atom. The molecule has 0 saturated heterocycles. The maximum atomic E-state index is 11.3. The molecule has 0 amide bonds. The Morgan fingerprint density at radius 1 is 0.647 bits per heavy atom. The van der Waals surface area contributed by atoms with Gasteiger partial charge in [-0.3, -0.25) is 19.6 Å². The first-order valence-electron chi connectivity index (χ1n) is 9.61. The van der Waals surface area contributed by atoms with E-state index in [1.165, 1.54) is 42.3 Å². The average Bonchev–Trinajstić information content (AvgIpc) is 2.82. The molecule has 4 unspecified atom stereocenters. The van der Waals surface area contributed by atoms with Gasteiger partial charge in [0.25, 0.3) is 0 Å². The molecule has 0 aromatic carbocycles. The number of esters is 4. The number of rotatable bonds is 6. The van der Waals surface area contributed by atoms with E-state index >= 15 is 0 Å². The summed E-state index contributed by atoms with van der Waals surface area (Å²) in [6.07, 6.45) is 0. The number of nitrogens with two attached hydrogens (primary N) is 2. The lowest BCUT2D eigenvalue weighted by molar-refractivity contribution is -0.146. The van der Waals surface area contributed by atoms with Gasteiger partial charge in [-0.2, -0.15) is 0 Å². The van der Waals surface area contributed by atoms with Crippen molar-refractivity contribution in [3.8, 4) is 0 Å². The molecule has 0 radical (unpaired) electrons. The summed E-state index contributed by atoms with van der Waals surface area (Å²) in [5, 5.41) is 0. The van der Waals surface area contributed by atoms with Crippen molar-refractivity contribution in [2.45, 2.75) is 51.9 Å². The molecule has 1 heterocycles. The van der Waals surface area contributed by atoms with Crippen LogP contribution < -0.4 is 11.5 Å². The monoisotopic (exact) mass is 488 g/mol. The van der Waals surface area contributed by atoms with Gasteiger partial charge >= 0.3 is 23.9 Å². The summed E-state index contributed by atoms with van der Waals surface area (Å²) < 4.78 is 17.6. The summed E-state index contributed by atoms with van der Waals surface area (Å²) in [7, 11) is 4.94. The number of nitrogens with zero attached hydrogens (tertiary/aromatic N) is 2. The highest BCUT2D eigenvalue weighted by Crippen LogP contribution is 2.11.